The van der Waals surface area contributed by atoms with Crippen LogP contribution >= 0.6 is 11.8 Å². The molecule has 120 valence electrons. The van der Waals surface area contributed by atoms with E-state index >= 15 is 0 Å². The number of amides is 1. The zero-order chi connectivity index (χ0) is 16.7. The highest BCUT2D eigenvalue weighted by Gasteiger charge is 2.37. The van der Waals surface area contributed by atoms with Crippen LogP contribution < -0.4 is 5.32 Å². The number of para-hydroxylation sites is 1. The summed E-state index contributed by atoms with van der Waals surface area (Å²) in [7, 11) is 0. The second-order valence-electron chi connectivity index (χ2n) is 5.91. The van der Waals surface area contributed by atoms with Gasteiger partial charge in [0.15, 0.2) is 0 Å². The Morgan fingerprint density at radius 3 is 2.58 bits per heavy atom. The molecule has 2 N–H and O–H groups in total. The Labute approximate surface area is 145 Å². The number of carbonyl (C=O) groups excluding carboxylic acids is 1. The molecule has 2 aromatic rings. The van der Waals surface area contributed by atoms with Crippen LogP contribution in [-0.4, -0.2) is 16.6 Å². The smallest absolute Gasteiger partial charge is 0.233 e. The summed E-state index contributed by atoms with van der Waals surface area (Å²) in [6, 6.07) is 17.8. The van der Waals surface area contributed by atoms with Crippen LogP contribution in [0.5, 0.6) is 0 Å². The Kier molecular flexibility index (Phi) is 3.65. The average Bonchev–Trinajstić information content (AvgIpc) is 3.15. The Morgan fingerprint density at radius 1 is 1.12 bits per heavy atom. The number of nitrogens with one attached hydrogen (secondary N) is 2. The van der Waals surface area contributed by atoms with Crippen LogP contribution in [0, 0.1) is 5.41 Å². The van der Waals surface area contributed by atoms with E-state index in [2.05, 4.69) is 5.32 Å². The maximum absolute atomic E-state index is 12.6. The third-order valence-electron chi connectivity index (χ3n) is 4.41. The van der Waals surface area contributed by atoms with Crippen molar-refractivity contribution in [3.05, 3.63) is 70.8 Å². The molecule has 0 aliphatic carbocycles. The van der Waals surface area contributed by atoms with Crippen molar-refractivity contribution in [2.75, 3.05) is 5.32 Å². The highest BCUT2D eigenvalue weighted by molar-refractivity contribution is 8.03. The summed E-state index contributed by atoms with van der Waals surface area (Å²) in [6.07, 6.45) is 0.277. The largest absolute Gasteiger partial charge is 0.349 e. The number of fused-ring (bicyclic) bond motifs is 1. The lowest BCUT2D eigenvalue weighted by molar-refractivity contribution is -0.126. The molecule has 0 bridgehead atoms. The number of thioether (sulfide) groups is 1. The van der Waals surface area contributed by atoms with Crippen molar-refractivity contribution in [1.29, 1.82) is 5.41 Å². The number of likely N-dealkylation sites (tertiary alicyclic amines) is 1. The van der Waals surface area contributed by atoms with E-state index in [0.717, 1.165) is 26.7 Å². The predicted octanol–water partition coefficient (Wildman–Crippen LogP) is 4.39. The zero-order valence-electron chi connectivity index (χ0n) is 13.2. The first-order valence-electron chi connectivity index (χ1n) is 7.88. The van der Waals surface area contributed by atoms with Crippen LogP contribution in [-0.2, 0) is 4.79 Å². The minimum Gasteiger partial charge on any atom is -0.349 e. The van der Waals surface area contributed by atoms with Gasteiger partial charge in [-0.3, -0.25) is 15.1 Å². The number of nitrogens with zero attached hydrogens (tertiary/aromatic N) is 1. The van der Waals surface area contributed by atoms with E-state index < -0.39 is 0 Å². The van der Waals surface area contributed by atoms with Gasteiger partial charge in [-0.1, -0.05) is 54.2 Å². The van der Waals surface area contributed by atoms with E-state index in [9.17, 15) is 4.79 Å². The van der Waals surface area contributed by atoms with Crippen LogP contribution in [0.4, 0.5) is 5.69 Å². The molecule has 1 fully saturated rings. The van der Waals surface area contributed by atoms with Crippen molar-refractivity contribution >= 4 is 29.2 Å². The topological polar surface area (TPSA) is 56.2 Å². The zero-order valence-corrected chi connectivity index (χ0v) is 14.1. The Morgan fingerprint density at radius 2 is 1.83 bits per heavy atom. The number of benzene rings is 2. The van der Waals surface area contributed by atoms with Gasteiger partial charge in [0.2, 0.25) is 5.91 Å². The van der Waals surface area contributed by atoms with E-state index in [4.69, 9.17) is 5.41 Å². The van der Waals surface area contributed by atoms with Crippen molar-refractivity contribution < 1.29 is 4.79 Å². The van der Waals surface area contributed by atoms with Crippen LogP contribution in [0.2, 0.25) is 0 Å². The SMILES string of the molecule is C[C@@H](c1ccccc1)N1C(=N)/C(=C2/Nc3ccccc3S2)CC1=O. The lowest BCUT2D eigenvalue weighted by Gasteiger charge is -2.24. The Balaban J connectivity index is 1.64. The standard InChI is InChI=1S/C19H17N3OS/c1-12(13-7-3-2-4-8-13)22-17(23)11-14(18(22)20)19-21-15-9-5-6-10-16(15)24-19/h2-10,12,20-21H,11H2,1H3/b19-14-,20-18?/t12-/m0/s1. The van der Waals surface area contributed by atoms with Gasteiger partial charge in [0.25, 0.3) is 0 Å². The third kappa shape index (κ3) is 2.41. The van der Waals surface area contributed by atoms with Gasteiger partial charge < -0.3 is 5.32 Å². The first-order chi connectivity index (χ1) is 11.6. The maximum atomic E-state index is 12.6. The first kappa shape index (κ1) is 15.0. The summed E-state index contributed by atoms with van der Waals surface area (Å²) >= 11 is 1.60. The molecule has 2 heterocycles. The fourth-order valence-electron chi connectivity index (χ4n) is 3.12. The van der Waals surface area contributed by atoms with Crippen molar-refractivity contribution in [2.24, 2.45) is 0 Å². The molecule has 0 saturated carbocycles. The van der Waals surface area contributed by atoms with Crippen molar-refractivity contribution in [1.82, 2.24) is 4.90 Å². The third-order valence-corrected chi connectivity index (χ3v) is 5.54. The fourth-order valence-corrected chi connectivity index (χ4v) is 4.17. The van der Waals surface area contributed by atoms with E-state index in [1.807, 2.05) is 61.5 Å². The number of rotatable bonds is 2. The highest BCUT2D eigenvalue weighted by Crippen LogP contribution is 2.44. The van der Waals surface area contributed by atoms with Crippen LogP contribution in [0.1, 0.15) is 24.9 Å². The normalized spacial score (nSPS) is 21.0. The molecule has 2 aliphatic rings. The number of carbonyl (C=O) groups is 1. The number of anilines is 1. The minimum absolute atomic E-state index is 0.0165. The molecule has 4 nitrogen and oxygen atoms in total. The second-order valence-corrected chi connectivity index (χ2v) is 6.96. The molecule has 2 aliphatic heterocycles. The number of hydrogen-bond donors (Lipinski definition) is 2. The minimum atomic E-state index is -0.141. The van der Waals surface area contributed by atoms with Gasteiger partial charge in [-0.25, -0.2) is 0 Å². The van der Waals surface area contributed by atoms with E-state index in [0.29, 0.717) is 5.84 Å². The summed E-state index contributed by atoms with van der Waals surface area (Å²) in [5.41, 5.74) is 2.86. The van der Waals surface area contributed by atoms with Crippen molar-refractivity contribution in [3.63, 3.8) is 0 Å². The molecule has 0 aromatic heterocycles. The first-order valence-corrected chi connectivity index (χ1v) is 8.70. The van der Waals surface area contributed by atoms with Gasteiger partial charge in [-0.2, -0.15) is 0 Å². The summed E-state index contributed by atoms with van der Waals surface area (Å²) in [6.45, 7) is 1.97. The van der Waals surface area contributed by atoms with Gasteiger partial charge in [0.1, 0.15) is 5.84 Å². The summed E-state index contributed by atoms with van der Waals surface area (Å²) in [5, 5.41) is 12.8. The highest BCUT2D eigenvalue weighted by atomic mass is 32.2. The van der Waals surface area contributed by atoms with E-state index in [1.165, 1.54) is 0 Å². The van der Waals surface area contributed by atoms with Gasteiger partial charge in [0.05, 0.1) is 23.2 Å². The van der Waals surface area contributed by atoms with Crippen molar-refractivity contribution in [3.8, 4) is 0 Å². The molecule has 4 rings (SSSR count). The molecule has 0 spiro atoms. The number of hydrogen-bond acceptors (Lipinski definition) is 4. The molecule has 1 amide bonds. The molecule has 0 unspecified atom stereocenters. The van der Waals surface area contributed by atoms with Crippen LogP contribution in [0.3, 0.4) is 0 Å². The molecule has 5 heteroatoms. The molecular formula is C19H17N3OS. The Bertz CT molecular complexity index is 833. The van der Waals surface area contributed by atoms with E-state index in [-0.39, 0.29) is 18.4 Å². The fraction of sp³-hybridized carbons (Fsp3) is 0.158. The summed E-state index contributed by atoms with van der Waals surface area (Å²) < 4.78 is 0. The monoisotopic (exact) mass is 335 g/mol. The lowest BCUT2D eigenvalue weighted by Crippen LogP contribution is -2.32. The van der Waals surface area contributed by atoms with Gasteiger partial charge in [0, 0.05) is 10.5 Å². The van der Waals surface area contributed by atoms with Crippen molar-refractivity contribution in [2.45, 2.75) is 24.3 Å². The lowest BCUT2D eigenvalue weighted by atomic mass is 10.1. The molecule has 2 aromatic carbocycles. The molecule has 24 heavy (non-hydrogen) atoms. The quantitative estimate of drug-likeness (QED) is 0.856. The molecule has 0 radical (unpaired) electrons. The second kappa shape index (κ2) is 5.83. The van der Waals surface area contributed by atoms with Gasteiger partial charge in [-0.15, -0.1) is 0 Å². The molecular weight excluding hydrogens is 318 g/mol. The maximum Gasteiger partial charge on any atom is 0.233 e. The predicted molar refractivity (Wildman–Crippen MR) is 97.0 cm³/mol. The molecule has 1 saturated heterocycles. The van der Waals surface area contributed by atoms with E-state index in [1.54, 1.807) is 16.7 Å². The van der Waals surface area contributed by atoms with Crippen LogP contribution in [0.15, 0.2) is 70.1 Å². The number of amidine groups is 1. The van der Waals surface area contributed by atoms with Crippen LogP contribution in [0.25, 0.3) is 0 Å². The van der Waals surface area contributed by atoms with Gasteiger partial charge in [-0.05, 0) is 24.6 Å². The van der Waals surface area contributed by atoms with Gasteiger partial charge >= 0.3 is 0 Å². The molecule has 1 atom stereocenters. The summed E-state index contributed by atoms with van der Waals surface area (Å²) in [5.74, 6) is 0.288. The summed E-state index contributed by atoms with van der Waals surface area (Å²) in [4.78, 5) is 15.3. The average molecular weight is 335 g/mol. The Hall–Kier alpha value is -2.53.